The zero-order valence-corrected chi connectivity index (χ0v) is 18.5. The van der Waals surface area contributed by atoms with Crippen molar-refractivity contribution in [2.45, 2.75) is 37.9 Å². The summed E-state index contributed by atoms with van der Waals surface area (Å²) in [7, 11) is 0. The number of para-hydroxylation sites is 1. The van der Waals surface area contributed by atoms with Crippen molar-refractivity contribution < 1.29 is 17.9 Å². The van der Waals surface area contributed by atoms with E-state index in [9.17, 15) is 13.2 Å². The Morgan fingerprint density at radius 1 is 1.00 bits per heavy atom. The number of aromatic nitrogens is 4. The maximum absolute atomic E-state index is 14.1. The molecule has 176 valence electrons. The highest BCUT2D eigenvalue weighted by atomic mass is 19.4. The van der Waals surface area contributed by atoms with Gasteiger partial charge in [0.25, 0.3) is 0 Å². The lowest BCUT2D eigenvalue weighted by atomic mass is 10.1. The van der Waals surface area contributed by atoms with Crippen LogP contribution in [0.3, 0.4) is 0 Å². The van der Waals surface area contributed by atoms with Crippen LogP contribution in [0.4, 0.5) is 13.2 Å². The molecule has 1 saturated carbocycles. The SMILES string of the molecule is FC(F)(F)C(c1ccc2nnc(-c3ccc4cccc(OCC5CC5)c4n3)n2c1)N1CCCC1. The Morgan fingerprint density at radius 3 is 2.59 bits per heavy atom. The highest BCUT2D eigenvalue weighted by Gasteiger charge is 2.45. The van der Waals surface area contributed by atoms with Crippen molar-refractivity contribution in [1.29, 1.82) is 0 Å². The first kappa shape index (κ1) is 21.3. The molecule has 0 N–H and O–H groups in total. The van der Waals surface area contributed by atoms with Crippen LogP contribution < -0.4 is 4.74 Å². The maximum Gasteiger partial charge on any atom is 0.408 e. The molecule has 1 aromatic carbocycles. The number of hydrogen-bond acceptors (Lipinski definition) is 5. The van der Waals surface area contributed by atoms with Gasteiger partial charge in [0.15, 0.2) is 11.5 Å². The number of hydrogen-bond donors (Lipinski definition) is 0. The van der Waals surface area contributed by atoms with E-state index in [4.69, 9.17) is 9.72 Å². The lowest BCUT2D eigenvalue weighted by Crippen LogP contribution is -2.36. The molecule has 9 heteroatoms. The van der Waals surface area contributed by atoms with Crippen LogP contribution in [0.25, 0.3) is 28.1 Å². The van der Waals surface area contributed by atoms with Gasteiger partial charge < -0.3 is 4.74 Å². The van der Waals surface area contributed by atoms with E-state index in [2.05, 4.69) is 10.2 Å². The Balaban J connectivity index is 1.41. The van der Waals surface area contributed by atoms with Gasteiger partial charge in [0.1, 0.15) is 23.0 Å². The minimum Gasteiger partial charge on any atom is -0.491 e. The summed E-state index contributed by atoms with van der Waals surface area (Å²) in [5, 5.41) is 9.36. The van der Waals surface area contributed by atoms with Crippen LogP contribution in [-0.4, -0.2) is 50.4 Å². The molecular weight excluding hydrogens is 443 g/mol. The predicted octanol–water partition coefficient (Wildman–Crippen LogP) is 5.43. The fourth-order valence-electron chi connectivity index (χ4n) is 4.70. The molecule has 34 heavy (non-hydrogen) atoms. The smallest absolute Gasteiger partial charge is 0.408 e. The second-order valence-electron chi connectivity index (χ2n) is 9.18. The monoisotopic (exact) mass is 467 g/mol. The second-order valence-corrected chi connectivity index (χ2v) is 9.18. The average Bonchev–Trinajstić information content (AvgIpc) is 3.32. The van der Waals surface area contributed by atoms with Crippen LogP contribution in [0.5, 0.6) is 5.75 Å². The maximum atomic E-state index is 14.1. The second kappa shape index (κ2) is 8.23. The molecule has 0 radical (unpaired) electrons. The third kappa shape index (κ3) is 3.98. The number of pyridine rings is 2. The Bertz CT molecular complexity index is 1340. The summed E-state index contributed by atoms with van der Waals surface area (Å²) in [5.41, 5.74) is 1.89. The molecule has 1 aliphatic heterocycles. The molecule has 2 aliphatic rings. The quantitative estimate of drug-likeness (QED) is 0.378. The molecule has 6 rings (SSSR count). The zero-order chi connectivity index (χ0) is 23.3. The van der Waals surface area contributed by atoms with Gasteiger partial charge in [0, 0.05) is 11.6 Å². The van der Waals surface area contributed by atoms with E-state index < -0.39 is 12.2 Å². The molecule has 1 saturated heterocycles. The normalized spacial score (nSPS) is 18.1. The van der Waals surface area contributed by atoms with Crippen LogP contribution in [0.1, 0.15) is 37.3 Å². The summed E-state index contributed by atoms with van der Waals surface area (Å²) in [5.74, 6) is 1.71. The third-order valence-electron chi connectivity index (χ3n) is 6.64. The summed E-state index contributed by atoms with van der Waals surface area (Å²) in [4.78, 5) is 6.29. The standard InChI is InChI=1S/C25H24F3N5O/c26-25(27,28)23(32-12-1-2-13-32)18-9-11-21-30-31-24(33(21)14-18)19-10-8-17-4-3-5-20(22(17)29-19)34-15-16-6-7-16/h3-5,8-11,14,16,23H,1-2,6-7,12-13,15H2. The Hall–Kier alpha value is -3.20. The van der Waals surface area contributed by atoms with E-state index >= 15 is 0 Å². The minimum atomic E-state index is -4.37. The van der Waals surface area contributed by atoms with Gasteiger partial charge in [-0.25, -0.2) is 4.98 Å². The van der Waals surface area contributed by atoms with E-state index in [-0.39, 0.29) is 5.56 Å². The van der Waals surface area contributed by atoms with E-state index in [1.165, 1.54) is 30.0 Å². The van der Waals surface area contributed by atoms with Gasteiger partial charge in [-0.05, 0) is 68.5 Å². The molecule has 4 aromatic rings. The molecule has 1 atom stereocenters. The molecule has 1 unspecified atom stereocenters. The van der Waals surface area contributed by atoms with Crippen LogP contribution in [-0.2, 0) is 0 Å². The van der Waals surface area contributed by atoms with Crippen molar-refractivity contribution in [3.8, 4) is 17.3 Å². The first-order valence-electron chi connectivity index (χ1n) is 11.7. The van der Waals surface area contributed by atoms with Crippen LogP contribution in [0.2, 0.25) is 0 Å². The van der Waals surface area contributed by atoms with Crippen molar-refractivity contribution >= 4 is 16.6 Å². The topological polar surface area (TPSA) is 55.6 Å². The van der Waals surface area contributed by atoms with Crippen molar-refractivity contribution in [2.24, 2.45) is 5.92 Å². The molecule has 0 spiro atoms. The highest BCUT2D eigenvalue weighted by Crippen LogP contribution is 2.40. The number of nitrogens with zero attached hydrogens (tertiary/aromatic N) is 5. The molecular formula is C25H24F3N5O. The first-order valence-corrected chi connectivity index (χ1v) is 11.7. The van der Waals surface area contributed by atoms with E-state index in [0.717, 1.165) is 18.2 Å². The molecule has 2 fully saturated rings. The van der Waals surface area contributed by atoms with Gasteiger partial charge in [-0.15, -0.1) is 10.2 Å². The Morgan fingerprint density at radius 2 is 1.82 bits per heavy atom. The number of benzene rings is 1. The lowest BCUT2D eigenvalue weighted by molar-refractivity contribution is -0.183. The Kier molecular flexibility index (Phi) is 5.17. The van der Waals surface area contributed by atoms with Gasteiger partial charge in [-0.3, -0.25) is 9.30 Å². The van der Waals surface area contributed by atoms with E-state index in [1.54, 1.807) is 10.5 Å². The summed E-state index contributed by atoms with van der Waals surface area (Å²) in [6.07, 6.45) is 1.06. The number of rotatable bonds is 6. The minimum absolute atomic E-state index is 0.178. The number of halogens is 3. The summed E-state index contributed by atoms with van der Waals surface area (Å²) in [6, 6.07) is 11.0. The number of fused-ring (bicyclic) bond motifs is 2. The van der Waals surface area contributed by atoms with Gasteiger partial charge in [-0.2, -0.15) is 13.2 Å². The molecule has 0 bridgehead atoms. The highest BCUT2D eigenvalue weighted by molar-refractivity contribution is 5.86. The van der Waals surface area contributed by atoms with Gasteiger partial charge in [-0.1, -0.05) is 24.3 Å². The summed E-state index contributed by atoms with van der Waals surface area (Å²) < 4.78 is 49.8. The van der Waals surface area contributed by atoms with Gasteiger partial charge in [0.05, 0.1) is 6.61 Å². The van der Waals surface area contributed by atoms with Crippen LogP contribution >= 0.6 is 0 Å². The molecule has 1 aliphatic carbocycles. The van der Waals surface area contributed by atoms with E-state index in [1.807, 2.05) is 30.3 Å². The van der Waals surface area contributed by atoms with Crippen molar-refractivity contribution in [1.82, 2.24) is 24.5 Å². The number of alkyl halides is 3. The van der Waals surface area contributed by atoms with Crippen molar-refractivity contribution in [3.05, 3.63) is 54.2 Å². The predicted molar refractivity (Wildman–Crippen MR) is 122 cm³/mol. The Labute approximate surface area is 194 Å². The third-order valence-corrected chi connectivity index (χ3v) is 6.64. The number of likely N-dealkylation sites (tertiary alicyclic amines) is 1. The van der Waals surface area contributed by atoms with Crippen molar-refractivity contribution in [3.63, 3.8) is 0 Å². The average molecular weight is 467 g/mol. The molecule has 6 nitrogen and oxygen atoms in total. The fraction of sp³-hybridized carbons (Fsp3) is 0.400. The van der Waals surface area contributed by atoms with Crippen molar-refractivity contribution in [2.75, 3.05) is 19.7 Å². The van der Waals surface area contributed by atoms with Crippen LogP contribution in [0.15, 0.2) is 48.7 Å². The largest absolute Gasteiger partial charge is 0.491 e. The fourth-order valence-corrected chi connectivity index (χ4v) is 4.70. The summed E-state index contributed by atoms with van der Waals surface area (Å²) >= 11 is 0. The van der Waals surface area contributed by atoms with Gasteiger partial charge in [0.2, 0.25) is 0 Å². The molecule has 0 amide bonds. The summed E-state index contributed by atoms with van der Waals surface area (Å²) in [6.45, 7) is 1.54. The number of ether oxygens (including phenoxy) is 1. The molecule has 3 aromatic heterocycles. The van der Waals surface area contributed by atoms with Gasteiger partial charge >= 0.3 is 6.18 Å². The van der Waals surface area contributed by atoms with Crippen LogP contribution in [0, 0.1) is 5.92 Å². The van der Waals surface area contributed by atoms with E-state index in [0.29, 0.717) is 54.0 Å². The first-order chi connectivity index (χ1) is 16.5. The zero-order valence-electron chi connectivity index (χ0n) is 18.5. The molecule has 4 heterocycles. The lowest BCUT2D eigenvalue weighted by Gasteiger charge is -2.29.